The number of carbonyl (C=O) groups is 3. The molecule has 2 aromatic heterocycles. The van der Waals surface area contributed by atoms with Crippen molar-refractivity contribution in [2.75, 3.05) is 44.2 Å². The molecule has 2 bridgehead atoms. The number of ketones is 1. The quantitative estimate of drug-likeness (QED) is 0.300. The van der Waals surface area contributed by atoms with Crippen LogP contribution in [0.4, 0.5) is 5.82 Å². The monoisotopic (exact) mass is 754 g/mol. The maximum absolute atomic E-state index is 13.9. The molecule has 4 heterocycles. The Kier molecular flexibility index (Phi) is 11.1. The summed E-state index contributed by atoms with van der Waals surface area (Å²) in [5, 5.41) is 11.8. The number of imidazole rings is 1. The summed E-state index contributed by atoms with van der Waals surface area (Å²) < 4.78 is 8.42. The number of carbonyl (C=O) groups excluding carboxylic acids is 3. The molecule has 14 heteroatoms. The van der Waals surface area contributed by atoms with Crippen LogP contribution in [0.15, 0.2) is 25.3 Å². The predicted octanol–water partition coefficient (Wildman–Crippen LogP) is 3.61. The van der Waals surface area contributed by atoms with Crippen molar-refractivity contribution in [2.24, 2.45) is 39.7 Å². The first kappa shape index (κ1) is 39.6. The summed E-state index contributed by atoms with van der Waals surface area (Å²) in [7, 11) is 0. The second-order valence-corrected chi connectivity index (χ2v) is 17.3. The first-order chi connectivity index (χ1) is 24.7. The van der Waals surface area contributed by atoms with Crippen LogP contribution in [0.3, 0.4) is 0 Å². The highest BCUT2D eigenvalue weighted by molar-refractivity contribution is 5.86. The van der Waals surface area contributed by atoms with Crippen LogP contribution in [-0.4, -0.2) is 116 Å². The number of aryl methyl sites for hydroxylation is 1. The van der Waals surface area contributed by atoms with E-state index in [1.807, 2.05) is 29.4 Å². The molecule has 13 nitrogen and oxygen atoms in total. The Labute approximate surface area is 319 Å². The maximum atomic E-state index is 13.9. The second-order valence-electron chi connectivity index (χ2n) is 17.3. The first-order valence-electron chi connectivity index (χ1n) is 19.4. The molecule has 53 heavy (non-hydrogen) atoms. The lowest BCUT2D eigenvalue weighted by Gasteiger charge is -2.61. The summed E-state index contributed by atoms with van der Waals surface area (Å²) in [4.78, 5) is 60.7. The summed E-state index contributed by atoms with van der Waals surface area (Å²) in [5.74, 6) is 0.595. The Morgan fingerprint density at radius 1 is 1.09 bits per heavy atom. The molecule has 1 unspecified atom stereocenters. The van der Waals surface area contributed by atoms with Crippen LogP contribution >= 0.6 is 12.4 Å². The zero-order valence-electron chi connectivity index (χ0n) is 32.1. The van der Waals surface area contributed by atoms with Gasteiger partial charge >= 0.3 is 5.97 Å². The van der Waals surface area contributed by atoms with Crippen molar-refractivity contribution in [1.29, 1.82) is 0 Å². The smallest absolute Gasteiger partial charge is 0.320 e. The van der Waals surface area contributed by atoms with E-state index in [0.717, 1.165) is 50.1 Å². The minimum atomic E-state index is -0.698. The maximum Gasteiger partial charge on any atom is 0.320 e. The lowest BCUT2D eigenvalue weighted by molar-refractivity contribution is -0.207. The fraction of sp³-hybridized carbons (Fsp3) is 0.744. The van der Waals surface area contributed by atoms with Crippen LogP contribution in [0.5, 0.6) is 0 Å². The van der Waals surface area contributed by atoms with E-state index in [-0.39, 0.29) is 71.9 Å². The van der Waals surface area contributed by atoms with Gasteiger partial charge in [-0.2, -0.15) is 0 Å². The molecule has 5 aliphatic rings. The third-order valence-electron chi connectivity index (χ3n) is 14.5. The zero-order valence-corrected chi connectivity index (χ0v) is 32.9. The van der Waals surface area contributed by atoms with Gasteiger partial charge in [0.2, 0.25) is 5.91 Å². The van der Waals surface area contributed by atoms with E-state index >= 15 is 0 Å². The lowest BCUT2D eigenvalue weighted by Crippen LogP contribution is -2.63. The van der Waals surface area contributed by atoms with Gasteiger partial charge in [0.1, 0.15) is 18.2 Å². The molecule has 3 aliphatic carbocycles. The zero-order chi connectivity index (χ0) is 37.2. The molecular formula is C39H59ClN8O5. The van der Waals surface area contributed by atoms with E-state index in [2.05, 4.69) is 52.1 Å². The SMILES string of the molecule is C=C[C@]1(C)C[C@@H](OC(=O)CN2CCN(C(=O)CCn3cnc4c(N5CCC(N)C5)ncnc43)C[C@@H]2C)[C@]2(C)[C@H](C)CC[C@]3(CCC(=O)[C@@H]32)[C@@H](C)[C@@H]1O.Cl. The van der Waals surface area contributed by atoms with E-state index in [0.29, 0.717) is 51.1 Å². The van der Waals surface area contributed by atoms with E-state index in [1.54, 1.807) is 12.7 Å². The number of aromatic nitrogens is 4. The molecule has 0 radical (unpaired) electrons. The standard InChI is InChI=1S/C39H58N8O5.ClH/c1-7-37(5)18-29(38(6)24(2)8-12-39(26(4)34(37)51)13-9-28(48)33(38)39)52-31(50)21-44-16-17-45(19-25(44)3)30(49)11-15-47-23-43-32-35(41-22-42-36(32)47)46-14-10-27(40)20-46;/h7,22-27,29,33-34,51H,1,8-21,40H2,2-6H3;1H/t24-,25+,26+,27?,29-,33-,34+,37-,38+,39+;/m1./s1. The third-order valence-corrected chi connectivity index (χ3v) is 14.5. The number of aliphatic hydroxyl groups is 1. The van der Waals surface area contributed by atoms with Crippen LogP contribution < -0.4 is 10.6 Å². The van der Waals surface area contributed by atoms with Crippen molar-refractivity contribution in [2.45, 2.75) is 110 Å². The molecule has 2 aromatic rings. The molecular weight excluding hydrogens is 696 g/mol. The minimum absolute atomic E-state index is 0. The van der Waals surface area contributed by atoms with Gasteiger partial charge < -0.3 is 29.9 Å². The van der Waals surface area contributed by atoms with Crippen LogP contribution in [-0.2, 0) is 25.7 Å². The summed E-state index contributed by atoms with van der Waals surface area (Å²) >= 11 is 0. The third kappa shape index (κ3) is 6.67. The van der Waals surface area contributed by atoms with Gasteiger partial charge in [-0.3, -0.25) is 19.3 Å². The highest BCUT2D eigenvalue weighted by Gasteiger charge is 2.68. The highest BCUT2D eigenvalue weighted by Crippen LogP contribution is 2.68. The fourth-order valence-electron chi connectivity index (χ4n) is 10.9. The molecule has 2 saturated heterocycles. The summed E-state index contributed by atoms with van der Waals surface area (Å²) in [5.41, 5.74) is 6.01. The molecule has 3 N–H and O–H groups in total. The number of hydrogen-bond acceptors (Lipinski definition) is 11. The van der Waals surface area contributed by atoms with Crippen LogP contribution in [0.1, 0.15) is 79.6 Å². The van der Waals surface area contributed by atoms with Crippen molar-refractivity contribution in [1.82, 2.24) is 29.3 Å². The van der Waals surface area contributed by atoms with Gasteiger partial charge in [0.05, 0.1) is 19.0 Å². The Bertz CT molecular complexity index is 1720. The number of nitrogens with zero attached hydrogens (tertiary/aromatic N) is 7. The number of ether oxygens (including phenoxy) is 1. The second kappa shape index (κ2) is 14.8. The van der Waals surface area contributed by atoms with Crippen molar-refractivity contribution >= 4 is 47.0 Å². The molecule has 10 atom stereocenters. The van der Waals surface area contributed by atoms with Crippen LogP contribution in [0.25, 0.3) is 11.2 Å². The van der Waals surface area contributed by atoms with Crippen molar-refractivity contribution in [3.05, 3.63) is 25.3 Å². The Hall–Kier alpha value is -3.13. The lowest BCUT2D eigenvalue weighted by atomic mass is 9.44. The molecule has 7 rings (SSSR count). The number of halogens is 1. The number of nitrogens with two attached hydrogens (primary N) is 1. The van der Waals surface area contributed by atoms with Gasteiger partial charge in [-0.25, -0.2) is 15.0 Å². The molecule has 0 aromatic carbocycles. The number of anilines is 1. The number of aliphatic hydroxyl groups excluding tert-OH is 1. The number of fused-ring (bicyclic) bond motifs is 1. The Morgan fingerprint density at radius 2 is 1.87 bits per heavy atom. The highest BCUT2D eigenvalue weighted by atomic mass is 35.5. The number of amides is 1. The van der Waals surface area contributed by atoms with E-state index in [9.17, 15) is 19.5 Å². The van der Waals surface area contributed by atoms with E-state index in [1.165, 1.54) is 0 Å². The van der Waals surface area contributed by atoms with Crippen molar-refractivity contribution < 1.29 is 24.2 Å². The molecule has 292 valence electrons. The molecule has 3 saturated carbocycles. The summed E-state index contributed by atoms with van der Waals surface area (Å²) in [6, 6.07) is 0.0728. The fourth-order valence-corrected chi connectivity index (χ4v) is 10.9. The average molecular weight is 755 g/mol. The summed E-state index contributed by atoms with van der Waals surface area (Å²) in [6.07, 6.45) is 8.61. The van der Waals surface area contributed by atoms with E-state index in [4.69, 9.17) is 10.5 Å². The average Bonchev–Trinajstić information content (AvgIpc) is 3.85. The largest absolute Gasteiger partial charge is 0.461 e. The number of esters is 1. The van der Waals surface area contributed by atoms with Gasteiger partial charge in [-0.15, -0.1) is 19.0 Å². The van der Waals surface area contributed by atoms with Gasteiger partial charge in [0.25, 0.3) is 0 Å². The Balaban J connectivity index is 0.00000481. The normalized spacial score (nSPS) is 37.5. The van der Waals surface area contributed by atoms with Crippen molar-refractivity contribution in [3.8, 4) is 0 Å². The molecule has 1 amide bonds. The molecule has 0 spiro atoms. The molecule has 5 fully saturated rings. The first-order valence-corrected chi connectivity index (χ1v) is 19.4. The van der Waals surface area contributed by atoms with Gasteiger partial charge in [-0.05, 0) is 56.3 Å². The van der Waals surface area contributed by atoms with Gasteiger partial charge in [-0.1, -0.05) is 33.8 Å². The van der Waals surface area contributed by atoms with Crippen LogP contribution in [0, 0.1) is 34.0 Å². The number of Topliss-reactive ketones (excluding diaryl/α,β-unsaturated/α-hetero) is 1. The predicted molar refractivity (Wildman–Crippen MR) is 204 cm³/mol. The minimum Gasteiger partial charge on any atom is -0.461 e. The summed E-state index contributed by atoms with van der Waals surface area (Å²) in [6.45, 7) is 18.4. The van der Waals surface area contributed by atoms with E-state index < -0.39 is 23.0 Å². The number of rotatable bonds is 8. The topological polar surface area (TPSA) is 160 Å². The number of hydrogen-bond donors (Lipinski definition) is 2. The Morgan fingerprint density at radius 3 is 2.57 bits per heavy atom. The van der Waals surface area contributed by atoms with Crippen molar-refractivity contribution in [3.63, 3.8) is 0 Å². The van der Waals surface area contributed by atoms with Gasteiger partial charge in [0, 0.05) is 80.9 Å². The molecule has 2 aliphatic heterocycles. The van der Waals surface area contributed by atoms with Gasteiger partial charge in [0.15, 0.2) is 17.0 Å². The number of piperazine rings is 1. The van der Waals surface area contributed by atoms with Crippen LogP contribution in [0.2, 0.25) is 0 Å².